The SMILES string of the molecule is C#CCOCCOCCOCCOc1ccccc1CC(=O)OC. The van der Waals surface area contributed by atoms with E-state index >= 15 is 0 Å². The summed E-state index contributed by atoms with van der Waals surface area (Å²) in [6.45, 7) is 3.05. The Bertz CT molecular complexity index is 508. The molecule has 1 rings (SSSR count). The molecule has 0 atom stereocenters. The van der Waals surface area contributed by atoms with Gasteiger partial charge in [0, 0.05) is 5.56 Å². The number of terminal acetylenes is 1. The number of para-hydroxylation sites is 1. The van der Waals surface area contributed by atoms with Crippen molar-refractivity contribution in [3.8, 4) is 18.1 Å². The summed E-state index contributed by atoms with van der Waals surface area (Å²) < 4.78 is 26.1. The van der Waals surface area contributed by atoms with Gasteiger partial charge in [-0.25, -0.2) is 0 Å². The van der Waals surface area contributed by atoms with Gasteiger partial charge in [0.05, 0.1) is 46.6 Å². The molecular weight excluding hydrogens is 312 g/mol. The second-order valence-electron chi connectivity index (χ2n) is 4.69. The number of benzene rings is 1. The molecule has 0 aliphatic heterocycles. The van der Waals surface area contributed by atoms with Crippen LogP contribution in [-0.4, -0.2) is 59.3 Å². The predicted octanol–water partition coefficient (Wildman–Crippen LogP) is 1.46. The Kier molecular flexibility index (Phi) is 11.1. The van der Waals surface area contributed by atoms with Gasteiger partial charge in [-0.1, -0.05) is 24.1 Å². The van der Waals surface area contributed by atoms with Gasteiger partial charge in [0.15, 0.2) is 0 Å². The average molecular weight is 336 g/mol. The lowest BCUT2D eigenvalue weighted by atomic mass is 10.1. The van der Waals surface area contributed by atoms with E-state index < -0.39 is 0 Å². The van der Waals surface area contributed by atoms with Crippen LogP contribution in [0.2, 0.25) is 0 Å². The molecule has 0 bridgehead atoms. The third-order valence-electron chi connectivity index (χ3n) is 2.95. The van der Waals surface area contributed by atoms with Gasteiger partial charge in [-0.3, -0.25) is 4.79 Å². The minimum Gasteiger partial charge on any atom is -0.491 e. The molecule has 0 aliphatic carbocycles. The highest BCUT2D eigenvalue weighted by Crippen LogP contribution is 2.18. The monoisotopic (exact) mass is 336 g/mol. The van der Waals surface area contributed by atoms with Crippen molar-refractivity contribution in [2.75, 3.05) is 53.4 Å². The van der Waals surface area contributed by atoms with Crippen molar-refractivity contribution in [1.82, 2.24) is 0 Å². The summed E-state index contributed by atoms with van der Waals surface area (Å²) in [7, 11) is 1.36. The van der Waals surface area contributed by atoms with Crippen LogP contribution in [0, 0.1) is 12.3 Å². The van der Waals surface area contributed by atoms with Gasteiger partial charge in [-0.15, -0.1) is 6.42 Å². The molecule has 6 heteroatoms. The maximum absolute atomic E-state index is 11.4. The van der Waals surface area contributed by atoms with Crippen molar-refractivity contribution in [3.05, 3.63) is 29.8 Å². The molecule has 0 unspecified atom stereocenters. The molecule has 0 spiro atoms. The van der Waals surface area contributed by atoms with Gasteiger partial charge >= 0.3 is 5.97 Å². The molecule has 0 N–H and O–H groups in total. The van der Waals surface area contributed by atoms with Crippen molar-refractivity contribution in [2.45, 2.75) is 6.42 Å². The van der Waals surface area contributed by atoms with Crippen LogP contribution in [0.3, 0.4) is 0 Å². The molecule has 0 saturated heterocycles. The summed E-state index contributed by atoms with van der Waals surface area (Å²) in [5.41, 5.74) is 0.791. The van der Waals surface area contributed by atoms with Crippen molar-refractivity contribution < 1.29 is 28.5 Å². The number of methoxy groups -OCH3 is 1. The topological polar surface area (TPSA) is 63.2 Å². The second kappa shape index (κ2) is 13.4. The number of carbonyl (C=O) groups excluding carboxylic acids is 1. The molecule has 1 aromatic rings. The number of carbonyl (C=O) groups is 1. The molecule has 1 aromatic carbocycles. The smallest absolute Gasteiger partial charge is 0.310 e. The fourth-order valence-electron chi connectivity index (χ4n) is 1.80. The van der Waals surface area contributed by atoms with Gasteiger partial charge < -0.3 is 23.7 Å². The van der Waals surface area contributed by atoms with Crippen molar-refractivity contribution >= 4 is 5.97 Å². The minimum absolute atomic E-state index is 0.184. The summed E-state index contributed by atoms with van der Waals surface area (Å²) in [6.07, 6.45) is 5.23. The lowest BCUT2D eigenvalue weighted by molar-refractivity contribution is -0.139. The molecule has 132 valence electrons. The Morgan fingerprint density at radius 3 is 2.29 bits per heavy atom. The average Bonchev–Trinajstić information content (AvgIpc) is 2.60. The molecule has 0 fully saturated rings. The van der Waals surface area contributed by atoms with Crippen LogP contribution in [0.5, 0.6) is 5.75 Å². The summed E-state index contributed by atoms with van der Waals surface area (Å²) in [4.78, 5) is 11.4. The van der Waals surface area contributed by atoms with E-state index in [0.29, 0.717) is 52.0 Å². The Morgan fingerprint density at radius 1 is 1.00 bits per heavy atom. The summed E-state index contributed by atoms with van der Waals surface area (Å²) in [5, 5.41) is 0. The molecule has 0 amide bonds. The Balaban J connectivity index is 2.09. The third-order valence-corrected chi connectivity index (χ3v) is 2.95. The van der Waals surface area contributed by atoms with E-state index in [2.05, 4.69) is 10.7 Å². The fourth-order valence-corrected chi connectivity index (χ4v) is 1.80. The highest BCUT2D eigenvalue weighted by molar-refractivity contribution is 5.73. The normalized spacial score (nSPS) is 10.2. The first-order valence-corrected chi connectivity index (χ1v) is 7.72. The van der Waals surface area contributed by atoms with Crippen LogP contribution in [0.1, 0.15) is 5.56 Å². The zero-order chi connectivity index (χ0) is 17.5. The zero-order valence-electron chi connectivity index (χ0n) is 14.0. The number of rotatable bonds is 13. The van der Waals surface area contributed by atoms with E-state index in [9.17, 15) is 4.79 Å². The second-order valence-corrected chi connectivity index (χ2v) is 4.69. The highest BCUT2D eigenvalue weighted by atomic mass is 16.6. The van der Waals surface area contributed by atoms with Crippen LogP contribution in [0.25, 0.3) is 0 Å². The van der Waals surface area contributed by atoms with E-state index in [-0.39, 0.29) is 12.4 Å². The van der Waals surface area contributed by atoms with Crippen molar-refractivity contribution in [3.63, 3.8) is 0 Å². The van der Waals surface area contributed by atoms with Gasteiger partial charge in [-0.2, -0.15) is 0 Å². The predicted molar refractivity (Wildman–Crippen MR) is 88.9 cm³/mol. The lowest BCUT2D eigenvalue weighted by Crippen LogP contribution is -2.13. The van der Waals surface area contributed by atoms with Gasteiger partial charge in [0.2, 0.25) is 0 Å². The standard InChI is InChI=1S/C18H24O6/c1-3-8-21-9-10-22-11-12-23-13-14-24-17-7-5-4-6-16(17)15-18(19)20-2/h1,4-7H,8-15H2,2H3. The molecule has 0 heterocycles. The fraction of sp³-hybridized carbons (Fsp3) is 0.500. The first-order valence-electron chi connectivity index (χ1n) is 7.72. The van der Waals surface area contributed by atoms with E-state index in [1.165, 1.54) is 7.11 Å². The zero-order valence-corrected chi connectivity index (χ0v) is 14.0. The quantitative estimate of drug-likeness (QED) is 0.309. The first-order chi connectivity index (χ1) is 11.8. The molecule has 0 aliphatic rings. The molecule has 24 heavy (non-hydrogen) atoms. The van der Waals surface area contributed by atoms with Crippen LogP contribution in [-0.2, 0) is 30.2 Å². The van der Waals surface area contributed by atoms with Gasteiger partial charge in [0.25, 0.3) is 0 Å². The van der Waals surface area contributed by atoms with Crippen LogP contribution < -0.4 is 4.74 Å². The summed E-state index contributed by atoms with van der Waals surface area (Å²) in [6, 6.07) is 7.36. The van der Waals surface area contributed by atoms with Crippen LogP contribution in [0.4, 0.5) is 0 Å². The first kappa shape index (κ1) is 20.0. The number of esters is 1. The Morgan fingerprint density at radius 2 is 1.62 bits per heavy atom. The lowest BCUT2D eigenvalue weighted by Gasteiger charge is -2.11. The maximum Gasteiger partial charge on any atom is 0.310 e. The molecule has 0 radical (unpaired) electrons. The highest BCUT2D eigenvalue weighted by Gasteiger charge is 2.08. The van der Waals surface area contributed by atoms with Crippen LogP contribution >= 0.6 is 0 Å². The van der Waals surface area contributed by atoms with Crippen LogP contribution in [0.15, 0.2) is 24.3 Å². The number of hydrogen-bond acceptors (Lipinski definition) is 6. The number of hydrogen-bond donors (Lipinski definition) is 0. The Hall–Kier alpha value is -2.07. The third kappa shape index (κ3) is 9.16. The van der Waals surface area contributed by atoms with Crippen molar-refractivity contribution in [1.29, 1.82) is 0 Å². The van der Waals surface area contributed by atoms with E-state index in [1.54, 1.807) is 0 Å². The largest absolute Gasteiger partial charge is 0.491 e. The van der Waals surface area contributed by atoms with Crippen molar-refractivity contribution in [2.24, 2.45) is 0 Å². The Labute approximate surface area is 143 Å². The van der Waals surface area contributed by atoms with E-state index in [0.717, 1.165) is 5.56 Å². The van der Waals surface area contributed by atoms with Gasteiger partial charge in [-0.05, 0) is 6.07 Å². The van der Waals surface area contributed by atoms with E-state index in [1.807, 2.05) is 24.3 Å². The summed E-state index contributed by atoms with van der Waals surface area (Å²) >= 11 is 0. The molecule has 6 nitrogen and oxygen atoms in total. The molecule has 0 aromatic heterocycles. The summed E-state index contributed by atoms with van der Waals surface area (Å²) in [5.74, 6) is 2.74. The molecule has 0 saturated carbocycles. The van der Waals surface area contributed by atoms with E-state index in [4.69, 9.17) is 25.4 Å². The minimum atomic E-state index is -0.300. The maximum atomic E-state index is 11.4. The number of ether oxygens (including phenoxy) is 5. The molecular formula is C18H24O6. The van der Waals surface area contributed by atoms with Gasteiger partial charge in [0.1, 0.15) is 19.0 Å².